The highest BCUT2D eigenvalue weighted by molar-refractivity contribution is 5.78. The highest BCUT2D eigenvalue weighted by Gasteiger charge is 2.27. The van der Waals surface area contributed by atoms with Crippen LogP contribution in [0.5, 0.6) is 0 Å². The predicted molar refractivity (Wildman–Crippen MR) is 80.6 cm³/mol. The van der Waals surface area contributed by atoms with Crippen LogP contribution < -0.4 is 0 Å². The molecule has 3 rings (SSSR count). The van der Waals surface area contributed by atoms with Gasteiger partial charge in [-0.25, -0.2) is 0 Å². The molecule has 0 radical (unpaired) electrons. The topological polar surface area (TPSA) is 23.6 Å². The van der Waals surface area contributed by atoms with Gasteiger partial charge in [0.15, 0.2) is 0 Å². The number of aryl methyl sites for hydroxylation is 1. The minimum atomic E-state index is 0.278. The molecule has 1 aliphatic carbocycles. The first-order valence-electron chi connectivity index (χ1n) is 7.76. The van der Waals surface area contributed by atoms with E-state index >= 15 is 0 Å². The summed E-state index contributed by atoms with van der Waals surface area (Å²) in [7, 11) is 0. The second-order valence-corrected chi connectivity index (χ2v) is 6.29. The summed E-state index contributed by atoms with van der Waals surface area (Å²) in [6.45, 7) is 7.23. The van der Waals surface area contributed by atoms with Gasteiger partial charge in [-0.15, -0.1) is 0 Å². The van der Waals surface area contributed by atoms with Crippen molar-refractivity contribution >= 4 is 5.91 Å². The monoisotopic (exact) mass is 272 g/mol. The van der Waals surface area contributed by atoms with E-state index in [4.69, 9.17) is 0 Å². The first-order valence-corrected chi connectivity index (χ1v) is 7.76. The second-order valence-electron chi connectivity index (χ2n) is 6.29. The number of carbonyl (C=O) groups is 1. The third-order valence-corrected chi connectivity index (χ3v) is 4.41. The van der Waals surface area contributed by atoms with Crippen LogP contribution >= 0.6 is 0 Å². The summed E-state index contributed by atoms with van der Waals surface area (Å²) in [6.07, 6.45) is 3.36. The number of rotatable bonds is 4. The lowest BCUT2D eigenvalue weighted by atomic mass is 10.1. The molecule has 20 heavy (non-hydrogen) atoms. The van der Waals surface area contributed by atoms with E-state index in [1.807, 2.05) is 4.90 Å². The largest absolute Gasteiger partial charge is 0.340 e. The molecule has 1 saturated heterocycles. The smallest absolute Gasteiger partial charge is 0.227 e. The summed E-state index contributed by atoms with van der Waals surface area (Å²) in [5.74, 6) is 1.23. The highest BCUT2D eigenvalue weighted by atomic mass is 16.2. The SMILES string of the molecule is Cc1ccc(CC(=O)N2CCN(CC3CC3)CC2)cc1. The normalized spacial score (nSPS) is 20.1. The van der Waals surface area contributed by atoms with Gasteiger partial charge < -0.3 is 4.90 Å². The van der Waals surface area contributed by atoms with Crippen LogP contribution in [0, 0.1) is 12.8 Å². The molecule has 2 fully saturated rings. The zero-order valence-electron chi connectivity index (χ0n) is 12.3. The van der Waals surface area contributed by atoms with E-state index < -0.39 is 0 Å². The van der Waals surface area contributed by atoms with Gasteiger partial charge in [-0.05, 0) is 31.2 Å². The van der Waals surface area contributed by atoms with Crippen molar-refractivity contribution in [3.8, 4) is 0 Å². The molecule has 1 saturated carbocycles. The number of amides is 1. The molecule has 0 bridgehead atoms. The average Bonchev–Trinajstić information content (AvgIpc) is 3.26. The molecule has 0 N–H and O–H groups in total. The van der Waals surface area contributed by atoms with Gasteiger partial charge in [0.25, 0.3) is 0 Å². The van der Waals surface area contributed by atoms with E-state index in [1.54, 1.807) is 0 Å². The molecule has 108 valence electrons. The Bertz CT molecular complexity index is 456. The zero-order valence-corrected chi connectivity index (χ0v) is 12.3. The van der Waals surface area contributed by atoms with Crippen molar-refractivity contribution < 1.29 is 4.79 Å². The minimum absolute atomic E-state index is 0.278. The van der Waals surface area contributed by atoms with Gasteiger partial charge in [-0.3, -0.25) is 9.69 Å². The van der Waals surface area contributed by atoms with E-state index in [1.165, 1.54) is 24.9 Å². The van der Waals surface area contributed by atoms with E-state index in [0.29, 0.717) is 6.42 Å². The van der Waals surface area contributed by atoms with Crippen LogP contribution in [0.25, 0.3) is 0 Å². The third kappa shape index (κ3) is 3.60. The number of nitrogens with zero attached hydrogens (tertiary/aromatic N) is 2. The van der Waals surface area contributed by atoms with Crippen LogP contribution in [-0.4, -0.2) is 48.4 Å². The van der Waals surface area contributed by atoms with Crippen LogP contribution in [0.15, 0.2) is 24.3 Å². The molecule has 0 aromatic heterocycles. The summed E-state index contributed by atoms with van der Waals surface area (Å²) in [4.78, 5) is 16.9. The van der Waals surface area contributed by atoms with Crippen LogP contribution in [0.1, 0.15) is 24.0 Å². The number of piperazine rings is 1. The number of carbonyl (C=O) groups excluding carboxylic acids is 1. The fourth-order valence-corrected chi connectivity index (χ4v) is 2.84. The fraction of sp³-hybridized carbons (Fsp3) is 0.588. The molecular weight excluding hydrogens is 248 g/mol. The molecule has 3 nitrogen and oxygen atoms in total. The molecule has 2 aliphatic rings. The molecule has 0 unspecified atom stereocenters. The molecule has 1 aromatic carbocycles. The maximum Gasteiger partial charge on any atom is 0.227 e. The van der Waals surface area contributed by atoms with Gasteiger partial charge in [0, 0.05) is 32.7 Å². The number of hydrogen-bond donors (Lipinski definition) is 0. The molecule has 1 heterocycles. The summed E-state index contributed by atoms with van der Waals surface area (Å²) in [6, 6.07) is 8.29. The summed E-state index contributed by atoms with van der Waals surface area (Å²) in [5.41, 5.74) is 2.37. The fourth-order valence-electron chi connectivity index (χ4n) is 2.84. The Kier molecular flexibility index (Phi) is 4.06. The van der Waals surface area contributed by atoms with Crippen molar-refractivity contribution in [1.29, 1.82) is 0 Å². The van der Waals surface area contributed by atoms with Gasteiger partial charge in [-0.2, -0.15) is 0 Å². The van der Waals surface area contributed by atoms with Gasteiger partial charge in [0.05, 0.1) is 6.42 Å². The van der Waals surface area contributed by atoms with Gasteiger partial charge in [0.1, 0.15) is 0 Å². The van der Waals surface area contributed by atoms with Crippen LogP contribution in [-0.2, 0) is 11.2 Å². The number of benzene rings is 1. The maximum atomic E-state index is 12.3. The van der Waals surface area contributed by atoms with Gasteiger partial charge in [-0.1, -0.05) is 29.8 Å². The first kappa shape index (κ1) is 13.6. The van der Waals surface area contributed by atoms with Crippen LogP contribution in [0.2, 0.25) is 0 Å². The van der Waals surface area contributed by atoms with Crippen LogP contribution in [0.3, 0.4) is 0 Å². The molecule has 1 amide bonds. The van der Waals surface area contributed by atoms with Crippen molar-refractivity contribution in [3.63, 3.8) is 0 Å². The van der Waals surface area contributed by atoms with Gasteiger partial charge in [0.2, 0.25) is 5.91 Å². The van der Waals surface area contributed by atoms with E-state index in [2.05, 4.69) is 36.1 Å². The summed E-state index contributed by atoms with van der Waals surface area (Å²) in [5, 5.41) is 0. The Hall–Kier alpha value is -1.35. The average molecular weight is 272 g/mol. The van der Waals surface area contributed by atoms with E-state index in [-0.39, 0.29) is 5.91 Å². The Morgan fingerprint density at radius 2 is 1.75 bits per heavy atom. The predicted octanol–water partition coefficient (Wildman–Crippen LogP) is 2.09. The third-order valence-electron chi connectivity index (χ3n) is 4.41. The zero-order chi connectivity index (χ0) is 13.9. The number of hydrogen-bond acceptors (Lipinski definition) is 2. The van der Waals surface area contributed by atoms with Crippen molar-refractivity contribution in [2.45, 2.75) is 26.2 Å². The Balaban J connectivity index is 1.47. The molecule has 1 aromatic rings. The summed E-state index contributed by atoms with van der Waals surface area (Å²) >= 11 is 0. The lowest BCUT2D eigenvalue weighted by Gasteiger charge is -2.34. The van der Waals surface area contributed by atoms with Crippen molar-refractivity contribution in [2.75, 3.05) is 32.7 Å². The van der Waals surface area contributed by atoms with Crippen molar-refractivity contribution in [3.05, 3.63) is 35.4 Å². The molecule has 0 spiro atoms. The maximum absolute atomic E-state index is 12.3. The molecule has 3 heteroatoms. The molecular formula is C17H24N2O. The quantitative estimate of drug-likeness (QED) is 0.838. The standard InChI is InChI=1S/C17H24N2O/c1-14-2-4-15(5-3-14)12-17(20)19-10-8-18(9-11-19)13-16-6-7-16/h2-5,16H,6-13H2,1H3. The molecule has 0 atom stereocenters. The molecule has 1 aliphatic heterocycles. The van der Waals surface area contributed by atoms with E-state index in [9.17, 15) is 4.79 Å². The Morgan fingerprint density at radius 3 is 2.35 bits per heavy atom. The Morgan fingerprint density at radius 1 is 1.10 bits per heavy atom. The van der Waals surface area contributed by atoms with Crippen molar-refractivity contribution in [1.82, 2.24) is 9.80 Å². The van der Waals surface area contributed by atoms with Crippen molar-refractivity contribution in [2.24, 2.45) is 5.92 Å². The lowest BCUT2D eigenvalue weighted by molar-refractivity contribution is -0.132. The minimum Gasteiger partial charge on any atom is -0.340 e. The second kappa shape index (κ2) is 5.96. The summed E-state index contributed by atoms with van der Waals surface area (Å²) < 4.78 is 0. The van der Waals surface area contributed by atoms with Gasteiger partial charge >= 0.3 is 0 Å². The highest BCUT2D eigenvalue weighted by Crippen LogP contribution is 2.29. The lowest BCUT2D eigenvalue weighted by Crippen LogP contribution is -2.49. The Labute approximate surface area is 121 Å². The van der Waals surface area contributed by atoms with Crippen LogP contribution in [0.4, 0.5) is 0 Å². The first-order chi connectivity index (χ1) is 9.70. The van der Waals surface area contributed by atoms with E-state index in [0.717, 1.165) is 37.7 Å².